The van der Waals surface area contributed by atoms with Gasteiger partial charge in [-0.3, -0.25) is 14.3 Å². The minimum Gasteiger partial charge on any atom is -0.314 e. The predicted molar refractivity (Wildman–Crippen MR) is 67.8 cm³/mol. The Balaban J connectivity index is 2.19. The van der Waals surface area contributed by atoms with E-state index in [4.69, 9.17) is 0 Å². The third kappa shape index (κ3) is 2.25. The van der Waals surface area contributed by atoms with Crippen LogP contribution in [0.4, 0.5) is 0 Å². The van der Waals surface area contributed by atoms with Crippen molar-refractivity contribution in [2.24, 2.45) is 0 Å². The molecule has 0 unspecified atom stereocenters. The first-order valence-electron chi connectivity index (χ1n) is 5.78. The molecular formula is C13H15N3O2. The lowest BCUT2D eigenvalue weighted by atomic mass is 10.2. The topological polar surface area (TPSA) is 56.9 Å². The van der Waals surface area contributed by atoms with Crippen LogP contribution in [0.5, 0.6) is 0 Å². The molecular weight excluding hydrogens is 230 g/mol. The zero-order valence-corrected chi connectivity index (χ0v) is 10.5. The summed E-state index contributed by atoms with van der Waals surface area (Å²) in [4.78, 5) is 22.4. The summed E-state index contributed by atoms with van der Waals surface area (Å²) in [7, 11) is 0. The first-order valence-corrected chi connectivity index (χ1v) is 5.78. The number of carbonyl (C=O) groups excluding carboxylic acids is 1. The lowest BCUT2D eigenvalue weighted by molar-refractivity contribution is 0.112. The summed E-state index contributed by atoms with van der Waals surface area (Å²) < 4.78 is 3.38. The van der Waals surface area contributed by atoms with Gasteiger partial charge < -0.3 is 4.57 Å². The van der Waals surface area contributed by atoms with Crippen LogP contribution in [-0.2, 0) is 13.1 Å². The van der Waals surface area contributed by atoms with Gasteiger partial charge >= 0.3 is 0 Å². The minimum atomic E-state index is -0.0327. The highest BCUT2D eigenvalue weighted by molar-refractivity contribution is 5.77. The quantitative estimate of drug-likeness (QED) is 0.760. The Morgan fingerprint density at radius 2 is 2.06 bits per heavy atom. The Labute approximate surface area is 105 Å². The molecule has 0 atom stereocenters. The van der Waals surface area contributed by atoms with E-state index in [-0.39, 0.29) is 5.56 Å². The second-order valence-electron chi connectivity index (χ2n) is 4.16. The molecule has 0 aliphatic heterocycles. The van der Waals surface area contributed by atoms with Crippen molar-refractivity contribution in [3.8, 4) is 0 Å². The molecule has 0 saturated carbocycles. The van der Waals surface area contributed by atoms with E-state index in [2.05, 4.69) is 5.10 Å². The number of hydrogen-bond donors (Lipinski definition) is 0. The fourth-order valence-corrected chi connectivity index (χ4v) is 1.95. The molecule has 0 N–H and O–H groups in total. The van der Waals surface area contributed by atoms with Crippen LogP contribution < -0.4 is 5.56 Å². The van der Waals surface area contributed by atoms with Gasteiger partial charge in [0, 0.05) is 24.5 Å². The first kappa shape index (κ1) is 12.3. The van der Waals surface area contributed by atoms with Crippen molar-refractivity contribution in [3.05, 3.63) is 51.7 Å². The lowest BCUT2D eigenvalue weighted by Crippen LogP contribution is -2.21. The van der Waals surface area contributed by atoms with Gasteiger partial charge in [0.25, 0.3) is 5.56 Å². The highest BCUT2D eigenvalue weighted by Crippen LogP contribution is 2.10. The summed E-state index contributed by atoms with van der Waals surface area (Å²) in [5.74, 6) is 0. The van der Waals surface area contributed by atoms with Gasteiger partial charge in [0.15, 0.2) is 6.29 Å². The SMILES string of the molecule is Cc1nn(CCn2ccccc2=O)c(C)c1C=O. The Hall–Kier alpha value is -2.17. The van der Waals surface area contributed by atoms with Crippen molar-refractivity contribution in [2.75, 3.05) is 0 Å². The highest BCUT2D eigenvalue weighted by Gasteiger charge is 2.10. The van der Waals surface area contributed by atoms with E-state index >= 15 is 0 Å². The molecule has 2 heterocycles. The van der Waals surface area contributed by atoms with Crippen LogP contribution in [0, 0.1) is 13.8 Å². The Kier molecular flexibility index (Phi) is 3.41. The smallest absolute Gasteiger partial charge is 0.250 e. The average Bonchev–Trinajstić information content (AvgIpc) is 2.63. The number of carbonyl (C=O) groups is 1. The van der Waals surface area contributed by atoms with Gasteiger partial charge in [0.2, 0.25) is 0 Å². The maximum atomic E-state index is 11.5. The van der Waals surface area contributed by atoms with Crippen LogP contribution in [0.2, 0.25) is 0 Å². The van der Waals surface area contributed by atoms with Gasteiger partial charge in [-0.25, -0.2) is 0 Å². The minimum absolute atomic E-state index is 0.0327. The fraction of sp³-hybridized carbons (Fsp3) is 0.308. The monoisotopic (exact) mass is 245 g/mol. The molecule has 0 aliphatic carbocycles. The van der Waals surface area contributed by atoms with Gasteiger partial charge in [-0.05, 0) is 19.9 Å². The molecule has 2 aromatic heterocycles. The van der Waals surface area contributed by atoms with Crippen LogP contribution in [0.1, 0.15) is 21.7 Å². The fourth-order valence-electron chi connectivity index (χ4n) is 1.95. The van der Waals surface area contributed by atoms with Gasteiger partial charge in [-0.15, -0.1) is 0 Å². The van der Waals surface area contributed by atoms with Gasteiger partial charge in [-0.1, -0.05) is 6.07 Å². The second-order valence-corrected chi connectivity index (χ2v) is 4.16. The standard InChI is InChI=1S/C13H15N3O2/c1-10-12(9-17)11(2)16(14-10)8-7-15-6-4-3-5-13(15)18/h3-6,9H,7-8H2,1-2H3. The molecule has 0 amide bonds. The van der Waals surface area contributed by atoms with E-state index in [0.29, 0.717) is 18.7 Å². The summed E-state index contributed by atoms with van der Waals surface area (Å²) in [6.07, 6.45) is 2.57. The molecule has 2 rings (SSSR count). The molecule has 0 radical (unpaired) electrons. The van der Waals surface area contributed by atoms with Crippen LogP contribution in [-0.4, -0.2) is 20.6 Å². The van der Waals surface area contributed by atoms with Crippen LogP contribution in [0.15, 0.2) is 29.2 Å². The maximum absolute atomic E-state index is 11.5. The van der Waals surface area contributed by atoms with E-state index in [0.717, 1.165) is 17.7 Å². The van der Waals surface area contributed by atoms with Crippen molar-refractivity contribution in [1.82, 2.24) is 14.3 Å². The highest BCUT2D eigenvalue weighted by atomic mass is 16.1. The molecule has 2 aromatic rings. The summed E-state index contributed by atoms with van der Waals surface area (Å²) in [5, 5.41) is 4.30. The largest absolute Gasteiger partial charge is 0.314 e. The Morgan fingerprint density at radius 3 is 2.67 bits per heavy atom. The van der Waals surface area contributed by atoms with E-state index < -0.39 is 0 Å². The zero-order valence-electron chi connectivity index (χ0n) is 10.5. The number of rotatable bonds is 4. The zero-order chi connectivity index (χ0) is 13.1. The van der Waals surface area contributed by atoms with Crippen LogP contribution in [0.25, 0.3) is 0 Å². The van der Waals surface area contributed by atoms with Gasteiger partial charge in [0.1, 0.15) is 0 Å². The van der Waals surface area contributed by atoms with E-state index in [1.165, 1.54) is 6.07 Å². The summed E-state index contributed by atoms with van der Waals surface area (Å²) in [6.45, 7) is 4.78. The third-order valence-electron chi connectivity index (χ3n) is 3.01. The summed E-state index contributed by atoms with van der Waals surface area (Å²) >= 11 is 0. The Bertz CT molecular complexity index is 625. The van der Waals surface area contributed by atoms with Crippen molar-refractivity contribution in [3.63, 3.8) is 0 Å². The molecule has 0 fully saturated rings. The number of aryl methyl sites for hydroxylation is 3. The van der Waals surface area contributed by atoms with Crippen LogP contribution in [0.3, 0.4) is 0 Å². The number of pyridine rings is 1. The molecule has 0 bridgehead atoms. The second kappa shape index (κ2) is 5.00. The molecule has 5 heteroatoms. The molecule has 94 valence electrons. The first-order chi connectivity index (χ1) is 8.63. The Morgan fingerprint density at radius 1 is 1.28 bits per heavy atom. The molecule has 0 aliphatic rings. The average molecular weight is 245 g/mol. The van der Waals surface area contributed by atoms with E-state index in [1.807, 2.05) is 19.9 Å². The van der Waals surface area contributed by atoms with Crippen molar-refractivity contribution < 1.29 is 4.79 Å². The molecule has 0 aromatic carbocycles. The van der Waals surface area contributed by atoms with Crippen molar-refractivity contribution >= 4 is 6.29 Å². The van der Waals surface area contributed by atoms with Gasteiger partial charge in [-0.2, -0.15) is 5.10 Å². The molecule has 5 nitrogen and oxygen atoms in total. The van der Waals surface area contributed by atoms with E-state index in [1.54, 1.807) is 21.5 Å². The number of aromatic nitrogens is 3. The third-order valence-corrected chi connectivity index (χ3v) is 3.01. The lowest BCUT2D eigenvalue weighted by Gasteiger charge is -2.06. The van der Waals surface area contributed by atoms with Crippen LogP contribution >= 0.6 is 0 Å². The van der Waals surface area contributed by atoms with Crippen molar-refractivity contribution in [2.45, 2.75) is 26.9 Å². The maximum Gasteiger partial charge on any atom is 0.250 e. The molecule has 18 heavy (non-hydrogen) atoms. The number of aldehydes is 1. The molecule has 0 saturated heterocycles. The van der Waals surface area contributed by atoms with Gasteiger partial charge in [0.05, 0.1) is 17.8 Å². The van der Waals surface area contributed by atoms with E-state index in [9.17, 15) is 9.59 Å². The summed E-state index contributed by atoms with van der Waals surface area (Å²) in [5.41, 5.74) is 2.17. The normalized spacial score (nSPS) is 10.6. The summed E-state index contributed by atoms with van der Waals surface area (Å²) in [6, 6.07) is 5.06. The predicted octanol–water partition coefficient (Wildman–Crippen LogP) is 1.17. The molecule has 0 spiro atoms. The number of hydrogen-bond acceptors (Lipinski definition) is 3. The van der Waals surface area contributed by atoms with Crippen molar-refractivity contribution in [1.29, 1.82) is 0 Å². The number of nitrogens with zero attached hydrogens (tertiary/aromatic N) is 3.